The van der Waals surface area contributed by atoms with Crippen molar-refractivity contribution in [3.05, 3.63) is 34.1 Å². The molecular weight excluding hydrogens is 246 g/mol. The number of hydrogen-bond donors (Lipinski definition) is 0. The van der Waals surface area contributed by atoms with Crippen molar-refractivity contribution in [3.8, 4) is 0 Å². The number of rotatable bonds is 1. The second-order valence-electron chi connectivity index (χ2n) is 2.65. The van der Waals surface area contributed by atoms with Gasteiger partial charge >= 0.3 is 6.18 Å². The van der Waals surface area contributed by atoms with Crippen molar-refractivity contribution < 1.29 is 26.3 Å². The molecule has 0 amide bonds. The Balaban J connectivity index is 3.47. The van der Waals surface area contributed by atoms with Crippen LogP contribution in [0, 0.1) is 5.82 Å². The fraction of sp³-hybridized carbons (Fsp3) is 0.250. The molecule has 7 heteroatoms. The van der Waals surface area contributed by atoms with E-state index in [0.717, 1.165) is 0 Å². The molecule has 15 heavy (non-hydrogen) atoms. The lowest BCUT2D eigenvalue weighted by molar-refractivity contribution is -0.139. The lowest BCUT2D eigenvalue weighted by atomic mass is 10.1. The molecule has 1 aromatic carbocycles. The van der Waals surface area contributed by atoms with Crippen LogP contribution in [-0.2, 0) is 6.18 Å². The maximum absolute atomic E-state index is 12.8. The van der Waals surface area contributed by atoms with Crippen LogP contribution in [0.4, 0.5) is 26.3 Å². The van der Waals surface area contributed by atoms with E-state index in [-0.39, 0.29) is 6.07 Å². The van der Waals surface area contributed by atoms with Crippen molar-refractivity contribution in [1.29, 1.82) is 0 Å². The van der Waals surface area contributed by atoms with Crippen molar-refractivity contribution >= 4 is 11.6 Å². The van der Waals surface area contributed by atoms with Gasteiger partial charge < -0.3 is 0 Å². The van der Waals surface area contributed by atoms with E-state index in [1.165, 1.54) is 0 Å². The first-order valence-electron chi connectivity index (χ1n) is 3.57. The first-order valence-corrected chi connectivity index (χ1v) is 3.95. The minimum absolute atomic E-state index is 0.270. The maximum atomic E-state index is 12.8. The van der Waals surface area contributed by atoms with Crippen LogP contribution in [0.1, 0.15) is 17.6 Å². The molecule has 0 fully saturated rings. The molecule has 84 valence electrons. The van der Waals surface area contributed by atoms with Gasteiger partial charge in [0, 0.05) is 5.02 Å². The molecule has 0 aliphatic heterocycles. The molecule has 0 bridgehead atoms. The number of alkyl halides is 5. The Kier molecular flexibility index (Phi) is 3.18. The summed E-state index contributed by atoms with van der Waals surface area (Å²) in [6.45, 7) is 0. The van der Waals surface area contributed by atoms with Crippen LogP contribution in [0.3, 0.4) is 0 Å². The number of benzene rings is 1. The number of halogens is 7. The Labute approximate surface area is 85.5 Å². The Bertz CT molecular complexity index is 370. The van der Waals surface area contributed by atoms with Gasteiger partial charge in [0.15, 0.2) is 0 Å². The minimum atomic E-state index is -5.06. The molecule has 0 heterocycles. The highest BCUT2D eigenvalue weighted by atomic mass is 35.5. The van der Waals surface area contributed by atoms with Gasteiger partial charge in [-0.15, -0.1) is 0 Å². The SMILES string of the molecule is Fc1cc(Cl)cc(C(F)(F)F)c1C(F)F. The van der Waals surface area contributed by atoms with E-state index in [1.54, 1.807) is 0 Å². The van der Waals surface area contributed by atoms with E-state index in [4.69, 9.17) is 11.6 Å². The standard InChI is InChI=1S/C8H3ClF6/c9-3-1-4(8(13,14)15)6(7(11)12)5(10)2-3/h1-2,7H. The van der Waals surface area contributed by atoms with Gasteiger partial charge in [-0.1, -0.05) is 11.6 Å². The Morgan fingerprint density at radius 2 is 1.67 bits per heavy atom. The summed E-state index contributed by atoms with van der Waals surface area (Å²) in [5, 5.41) is -0.579. The predicted octanol–water partition coefficient (Wildman–Crippen LogP) is 4.44. The topological polar surface area (TPSA) is 0 Å². The van der Waals surface area contributed by atoms with Gasteiger partial charge in [0.2, 0.25) is 0 Å². The summed E-state index contributed by atoms with van der Waals surface area (Å²) in [6.07, 6.45) is -8.60. The summed E-state index contributed by atoms with van der Waals surface area (Å²) >= 11 is 5.15. The predicted molar refractivity (Wildman–Crippen MR) is 41.4 cm³/mol. The Hall–Kier alpha value is -0.910. The average molecular weight is 249 g/mol. The highest BCUT2D eigenvalue weighted by Gasteiger charge is 2.37. The fourth-order valence-electron chi connectivity index (χ4n) is 1.04. The lowest BCUT2D eigenvalue weighted by Crippen LogP contribution is -2.11. The maximum Gasteiger partial charge on any atom is 0.417 e. The first kappa shape index (κ1) is 12.2. The van der Waals surface area contributed by atoms with Gasteiger partial charge in [-0.2, -0.15) is 13.2 Å². The lowest BCUT2D eigenvalue weighted by Gasteiger charge is -2.13. The Morgan fingerprint density at radius 3 is 2.07 bits per heavy atom. The zero-order valence-corrected chi connectivity index (χ0v) is 7.63. The molecule has 0 aliphatic rings. The summed E-state index contributed by atoms with van der Waals surface area (Å²) in [4.78, 5) is 0. The van der Waals surface area contributed by atoms with Crippen molar-refractivity contribution in [1.82, 2.24) is 0 Å². The summed E-state index contributed by atoms with van der Waals surface area (Å²) < 4.78 is 73.8. The second kappa shape index (κ2) is 3.92. The molecule has 0 nitrogen and oxygen atoms in total. The Morgan fingerprint density at radius 1 is 1.13 bits per heavy atom. The van der Waals surface area contributed by atoms with E-state index in [2.05, 4.69) is 0 Å². The van der Waals surface area contributed by atoms with Crippen molar-refractivity contribution in [2.24, 2.45) is 0 Å². The quantitative estimate of drug-likeness (QED) is 0.645. The van der Waals surface area contributed by atoms with Crippen LogP contribution in [-0.4, -0.2) is 0 Å². The van der Waals surface area contributed by atoms with Crippen LogP contribution in [0.2, 0.25) is 5.02 Å². The van der Waals surface area contributed by atoms with E-state index < -0.39 is 34.6 Å². The van der Waals surface area contributed by atoms with Crippen LogP contribution < -0.4 is 0 Å². The average Bonchev–Trinajstić information content (AvgIpc) is 1.99. The normalized spacial score (nSPS) is 12.3. The van der Waals surface area contributed by atoms with E-state index >= 15 is 0 Å². The number of hydrogen-bond acceptors (Lipinski definition) is 0. The van der Waals surface area contributed by atoms with Gasteiger partial charge in [0.1, 0.15) is 5.82 Å². The van der Waals surface area contributed by atoms with Gasteiger partial charge in [-0.25, -0.2) is 13.2 Å². The third kappa shape index (κ3) is 2.56. The molecule has 0 atom stereocenters. The van der Waals surface area contributed by atoms with Crippen molar-refractivity contribution in [2.75, 3.05) is 0 Å². The smallest absolute Gasteiger partial charge is 0.206 e. The van der Waals surface area contributed by atoms with Gasteiger partial charge in [-0.3, -0.25) is 0 Å². The van der Waals surface area contributed by atoms with Crippen LogP contribution in [0.5, 0.6) is 0 Å². The van der Waals surface area contributed by atoms with Crippen molar-refractivity contribution in [3.63, 3.8) is 0 Å². The first-order chi connectivity index (χ1) is 6.73. The highest BCUT2D eigenvalue weighted by molar-refractivity contribution is 6.30. The van der Waals surface area contributed by atoms with Crippen LogP contribution in [0.25, 0.3) is 0 Å². The van der Waals surface area contributed by atoms with E-state index in [1.807, 2.05) is 0 Å². The molecule has 0 aromatic heterocycles. The fourth-order valence-corrected chi connectivity index (χ4v) is 1.25. The second-order valence-corrected chi connectivity index (χ2v) is 3.08. The van der Waals surface area contributed by atoms with Crippen molar-refractivity contribution in [2.45, 2.75) is 12.6 Å². The molecule has 1 aromatic rings. The molecule has 0 radical (unpaired) electrons. The zero-order valence-electron chi connectivity index (χ0n) is 6.88. The summed E-state index contributed by atoms with van der Waals surface area (Å²) in [6, 6.07) is 0.685. The molecule has 1 rings (SSSR count). The van der Waals surface area contributed by atoms with Crippen LogP contribution >= 0.6 is 11.6 Å². The van der Waals surface area contributed by atoms with E-state index in [9.17, 15) is 26.3 Å². The third-order valence-corrected chi connectivity index (χ3v) is 1.84. The van der Waals surface area contributed by atoms with Gasteiger partial charge in [0.25, 0.3) is 6.43 Å². The molecule has 0 unspecified atom stereocenters. The highest BCUT2D eigenvalue weighted by Crippen LogP contribution is 2.39. The largest absolute Gasteiger partial charge is 0.417 e. The molecule has 0 N–H and O–H groups in total. The minimum Gasteiger partial charge on any atom is -0.206 e. The van der Waals surface area contributed by atoms with E-state index in [0.29, 0.717) is 6.07 Å². The summed E-state index contributed by atoms with van der Waals surface area (Å²) in [5.74, 6) is -1.66. The summed E-state index contributed by atoms with van der Waals surface area (Å²) in [7, 11) is 0. The third-order valence-electron chi connectivity index (χ3n) is 1.62. The summed E-state index contributed by atoms with van der Waals surface area (Å²) in [5.41, 5.74) is -3.42. The van der Waals surface area contributed by atoms with Crippen LogP contribution in [0.15, 0.2) is 12.1 Å². The molecule has 0 saturated carbocycles. The monoisotopic (exact) mass is 248 g/mol. The molecule has 0 aliphatic carbocycles. The van der Waals surface area contributed by atoms with Gasteiger partial charge in [-0.05, 0) is 12.1 Å². The van der Waals surface area contributed by atoms with Gasteiger partial charge in [0.05, 0.1) is 11.1 Å². The molecular formula is C8H3ClF6. The zero-order chi connectivity index (χ0) is 11.8. The molecule has 0 spiro atoms. The molecule has 0 saturated heterocycles.